The number of nitrogens with zero attached hydrogens (tertiary/aromatic N) is 1. The Kier molecular flexibility index (Phi) is 5.61. The van der Waals surface area contributed by atoms with Crippen molar-refractivity contribution in [2.24, 2.45) is 0 Å². The van der Waals surface area contributed by atoms with Crippen molar-refractivity contribution in [3.05, 3.63) is 0 Å². The first kappa shape index (κ1) is 15.1. The van der Waals surface area contributed by atoms with Gasteiger partial charge < -0.3 is 5.32 Å². The Morgan fingerprint density at radius 1 is 1.47 bits per heavy atom. The Balaban J connectivity index is 2.66. The lowest BCUT2D eigenvalue weighted by atomic mass is 9.88. The van der Waals surface area contributed by atoms with E-state index < -0.39 is 10.8 Å². The van der Waals surface area contributed by atoms with Gasteiger partial charge in [-0.2, -0.15) is 0 Å². The molecular formula is C13H28N2OS. The monoisotopic (exact) mass is 260 g/mol. The molecule has 4 heteroatoms. The van der Waals surface area contributed by atoms with Crippen LogP contribution in [0.25, 0.3) is 0 Å². The Labute approximate surface area is 109 Å². The van der Waals surface area contributed by atoms with E-state index in [1.807, 2.05) is 6.26 Å². The van der Waals surface area contributed by atoms with Gasteiger partial charge >= 0.3 is 0 Å². The van der Waals surface area contributed by atoms with Gasteiger partial charge in [0.05, 0.1) is 0 Å². The second-order valence-electron chi connectivity index (χ2n) is 5.46. The van der Waals surface area contributed by atoms with Crippen LogP contribution in [-0.4, -0.2) is 51.8 Å². The quantitative estimate of drug-likeness (QED) is 0.815. The molecule has 3 atom stereocenters. The zero-order chi connectivity index (χ0) is 13.1. The van der Waals surface area contributed by atoms with Crippen molar-refractivity contribution in [1.82, 2.24) is 10.2 Å². The molecule has 0 aromatic rings. The molecule has 0 aromatic heterocycles. The summed E-state index contributed by atoms with van der Waals surface area (Å²) < 4.78 is 11.5. The van der Waals surface area contributed by atoms with Gasteiger partial charge in [0.25, 0.3) is 0 Å². The second kappa shape index (κ2) is 6.30. The zero-order valence-electron chi connectivity index (χ0n) is 12.0. The predicted molar refractivity (Wildman–Crippen MR) is 75.9 cm³/mol. The minimum atomic E-state index is -0.718. The Hall–Kier alpha value is 0.0700. The third kappa shape index (κ3) is 3.76. The van der Waals surface area contributed by atoms with E-state index in [-0.39, 0.29) is 10.8 Å². The molecule has 1 fully saturated rings. The maximum absolute atomic E-state index is 11.5. The highest BCUT2D eigenvalue weighted by molar-refractivity contribution is 7.84. The standard InChI is InChI=1S/C13H28N2OS/c1-6-13(7-2)10-15(11(3)8-14-13)9-12(4)17(5)16/h11-12,14H,6-10H2,1-5H3. The van der Waals surface area contributed by atoms with E-state index in [9.17, 15) is 4.21 Å². The second-order valence-corrected chi connectivity index (χ2v) is 7.26. The van der Waals surface area contributed by atoms with Crippen molar-refractivity contribution in [2.75, 3.05) is 25.9 Å². The zero-order valence-corrected chi connectivity index (χ0v) is 12.8. The van der Waals surface area contributed by atoms with Gasteiger partial charge in [0.1, 0.15) is 0 Å². The van der Waals surface area contributed by atoms with Gasteiger partial charge in [-0.1, -0.05) is 13.8 Å². The van der Waals surface area contributed by atoms with Crippen LogP contribution in [0.15, 0.2) is 0 Å². The maximum atomic E-state index is 11.5. The molecule has 1 saturated heterocycles. The first-order valence-electron chi connectivity index (χ1n) is 6.75. The van der Waals surface area contributed by atoms with Crippen LogP contribution in [0.5, 0.6) is 0 Å². The topological polar surface area (TPSA) is 32.3 Å². The van der Waals surface area contributed by atoms with Crippen LogP contribution >= 0.6 is 0 Å². The SMILES string of the molecule is CCC1(CC)CN(CC(C)S(C)=O)C(C)CN1. The molecule has 17 heavy (non-hydrogen) atoms. The van der Waals surface area contributed by atoms with Crippen LogP contribution in [0, 0.1) is 0 Å². The van der Waals surface area contributed by atoms with Crippen LogP contribution in [0.3, 0.4) is 0 Å². The van der Waals surface area contributed by atoms with E-state index in [1.165, 1.54) is 0 Å². The fourth-order valence-corrected chi connectivity index (χ4v) is 2.90. The molecule has 1 N–H and O–H groups in total. The maximum Gasteiger partial charge on any atom is 0.0444 e. The molecule has 0 aliphatic carbocycles. The van der Waals surface area contributed by atoms with E-state index in [1.54, 1.807) is 0 Å². The third-order valence-electron chi connectivity index (χ3n) is 4.31. The average Bonchev–Trinajstić information content (AvgIpc) is 2.32. The molecular weight excluding hydrogens is 232 g/mol. The lowest BCUT2D eigenvalue weighted by Crippen LogP contribution is -2.64. The summed E-state index contributed by atoms with van der Waals surface area (Å²) in [6.45, 7) is 11.9. The minimum Gasteiger partial charge on any atom is -0.308 e. The third-order valence-corrected chi connectivity index (χ3v) is 5.60. The van der Waals surface area contributed by atoms with Gasteiger partial charge in [-0.25, -0.2) is 0 Å². The average molecular weight is 260 g/mol. The highest BCUT2D eigenvalue weighted by Crippen LogP contribution is 2.23. The van der Waals surface area contributed by atoms with Crippen LogP contribution in [0.1, 0.15) is 40.5 Å². The molecule has 0 saturated carbocycles. The lowest BCUT2D eigenvalue weighted by molar-refractivity contribution is 0.0819. The number of nitrogens with one attached hydrogen (secondary N) is 1. The fraction of sp³-hybridized carbons (Fsp3) is 1.00. The minimum absolute atomic E-state index is 0.265. The van der Waals surface area contributed by atoms with Gasteiger partial charge in [-0.05, 0) is 26.7 Å². The van der Waals surface area contributed by atoms with Crippen molar-refractivity contribution in [3.63, 3.8) is 0 Å². The van der Waals surface area contributed by atoms with Crippen molar-refractivity contribution >= 4 is 10.8 Å². The van der Waals surface area contributed by atoms with E-state index in [2.05, 4.69) is 37.9 Å². The summed E-state index contributed by atoms with van der Waals surface area (Å²) in [5.41, 5.74) is 0.265. The van der Waals surface area contributed by atoms with Crippen molar-refractivity contribution in [2.45, 2.75) is 57.4 Å². The van der Waals surface area contributed by atoms with Crippen molar-refractivity contribution < 1.29 is 4.21 Å². The van der Waals surface area contributed by atoms with Gasteiger partial charge in [0.2, 0.25) is 0 Å². The highest BCUT2D eigenvalue weighted by Gasteiger charge is 2.35. The molecule has 1 aliphatic heterocycles. The Morgan fingerprint density at radius 3 is 2.53 bits per heavy atom. The predicted octanol–water partition coefficient (Wildman–Crippen LogP) is 1.61. The van der Waals surface area contributed by atoms with Gasteiger partial charge in [-0.15, -0.1) is 0 Å². The van der Waals surface area contributed by atoms with Gasteiger partial charge in [0, 0.05) is 53.5 Å². The fourth-order valence-electron chi connectivity index (χ4n) is 2.50. The van der Waals surface area contributed by atoms with Gasteiger partial charge in [-0.3, -0.25) is 9.11 Å². The van der Waals surface area contributed by atoms with Gasteiger partial charge in [0.15, 0.2) is 0 Å². The van der Waals surface area contributed by atoms with E-state index in [0.717, 1.165) is 32.5 Å². The molecule has 0 spiro atoms. The summed E-state index contributed by atoms with van der Waals surface area (Å²) in [7, 11) is -0.718. The Morgan fingerprint density at radius 2 is 2.06 bits per heavy atom. The summed E-state index contributed by atoms with van der Waals surface area (Å²) in [5.74, 6) is 0. The van der Waals surface area contributed by atoms with Crippen molar-refractivity contribution in [3.8, 4) is 0 Å². The first-order valence-corrected chi connectivity index (χ1v) is 8.37. The van der Waals surface area contributed by atoms with E-state index >= 15 is 0 Å². The van der Waals surface area contributed by atoms with E-state index in [0.29, 0.717) is 6.04 Å². The van der Waals surface area contributed by atoms with Crippen molar-refractivity contribution in [1.29, 1.82) is 0 Å². The normalized spacial score (nSPS) is 28.9. The summed E-state index contributed by atoms with van der Waals surface area (Å²) in [6, 6.07) is 0.548. The molecule has 3 nitrogen and oxygen atoms in total. The van der Waals surface area contributed by atoms with E-state index in [4.69, 9.17) is 0 Å². The Bertz CT molecular complexity index is 266. The number of hydrogen-bond donors (Lipinski definition) is 1. The number of rotatable bonds is 5. The molecule has 1 rings (SSSR count). The molecule has 0 aromatic carbocycles. The smallest absolute Gasteiger partial charge is 0.0444 e. The molecule has 1 heterocycles. The highest BCUT2D eigenvalue weighted by atomic mass is 32.2. The molecule has 3 unspecified atom stereocenters. The molecule has 102 valence electrons. The molecule has 1 aliphatic rings. The van der Waals surface area contributed by atoms with Crippen LogP contribution in [0.2, 0.25) is 0 Å². The summed E-state index contributed by atoms with van der Waals surface area (Å²) in [5, 5.41) is 3.96. The number of hydrogen-bond acceptors (Lipinski definition) is 3. The largest absolute Gasteiger partial charge is 0.308 e. The molecule has 0 radical (unpaired) electrons. The number of piperazine rings is 1. The summed E-state index contributed by atoms with van der Waals surface area (Å²) in [6.07, 6.45) is 4.14. The summed E-state index contributed by atoms with van der Waals surface area (Å²) in [4.78, 5) is 2.51. The summed E-state index contributed by atoms with van der Waals surface area (Å²) >= 11 is 0. The van der Waals surface area contributed by atoms with Crippen LogP contribution in [-0.2, 0) is 10.8 Å². The van der Waals surface area contributed by atoms with Crippen LogP contribution in [0.4, 0.5) is 0 Å². The van der Waals surface area contributed by atoms with Crippen LogP contribution < -0.4 is 5.32 Å². The lowest BCUT2D eigenvalue weighted by Gasteiger charge is -2.47. The first-order chi connectivity index (χ1) is 7.94. The molecule has 0 bridgehead atoms. The molecule has 0 amide bonds.